The number of nitrogens with zero attached hydrogens (tertiary/aromatic N) is 1. The number of carboxylic acid groups (broad SMARTS) is 2. The van der Waals surface area contributed by atoms with Crippen molar-refractivity contribution in [3.05, 3.63) is 18.2 Å². The summed E-state index contributed by atoms with van der Waals surface area (Å²) < 4.78 is 0. The molecule has 1 heterocycles. The molecule has 3 amide bonds. The van der Waals surface area contributed by atoms with Gasteiger partial charge in [-0.1, -0.05) is 13.8 Å². The summed E-state index contributed by atoms with van der Waals surface area (Å²) in [5.41, 5.74) is 5.99. The number of carbonyl (C=O) groups is 5. The van der Waals surface area contributed by atoms with E-state index in [1.807, 2.05) is 0 Å². The molecule has 0 spiro atoms. The van der Waals surface area contributed by atoms with Crippen molar-refractivity contribution < 1.29 is 39.3 Å². The van der Waals surface area contributed by atoms with E-state index in [-0.39, 0.29) is 6.42 Å². The monoisotopic (exact) mass is 470 g/mol. The Hall–Kier alpha value is -3.52. The van der Waals surface area contributed by atoms with Gasteiger partial charge in [0.1, 0.15) is 12.1 Å². The van der Waals surface area contributed by atoms with Crippen LogP contribution < -0.4 is 21.7 Å². The Morgan fingerprint density at radius 1 is 1.00 bits per heavy atom. The number of aliphatic hydroxyl groups is 1. The molecule has 0 aliphatic carbocycles. The summed E-state index contributed by atoms with van der Waals surface area (Å²) in [4.78, 5) is 66.5. The SMILES string of the molecule is CC(C)C(NC(=O)C(N)CC(=O)O)C(=O)NC(Cc1cnc[nH]1)C(=O)NC(C(=O)O)C(C)O. The van der Waals surface area contributed by atoms with Crippen molar-refractivity contribution in [3.63, 3.8) is 0 Å². The fraction of sp³-hybridized carbons (Fsp3) is 0.579. The van der Waals surface area contributed by atoms with E-state index in [1.165, 1.54) is 19.4 Å². The molecule has 1 aromatic rings. The third-order valence-electron chi connectivity index (χ3n) is 4.64. The van der Waals surface area contributed by atoms with Gasteiger partial charge in [0.05, 0.1) is 24.9 Å². The molecule has 0 bridgehead atoms. The average Bonchev–Trinajstić information content (AvgIpc) is 3.20. The molecule has 0 saturated carbocycles. The Morgan fingerprint density at radius 3 is 2.06 bits per heavy atom. The highest BCUT2D eigenvalue weighted by Gasteiger charge is 2.33. The number of aliphatic carboxylic acids is 2. The molecule has 1 rings (SSSR count). The van der Waals surface area contributed by atoms with E-state index in [0.29, 0.717) is 5.69 Å². The molecule has 0 aliphatic heterocycles. The van der Waals surface area contributed by atoms with Crippen molar-refractivity contribution in [2.24, 2.45) is 11.7 Å². The van der Waals surface area contributed by atoms with Crippen LogP contribution in [0.1, 0.15) is 32.9 Å². The molecule has 0 radical (unpaired) electrons. The third kappa shape index (κ3) is 8.86. The van der Waals surface area contributed by atoms with E-state index in [0.717, 1.165) is 0 Å². The van der Waals surface area contributed by atoms with Gasteiger partial charge >= 0.3 is 11.9 Å². The maximum absolute atomic E-state index is 12.9. The van der Waals surface area contributed by atoms with E-state index >= 15 is 0 Å². The number of nitrogens with two attached hydrogens (primary N) is 1. The minimum atomic E-state index is -1.62. The minimum absolute atomic E-state index is 0.0962. The summed E-state index contributed by atoms with van der Waals surface area (Å²) in [6.07, 6.45) is 0.610. The molecule has 5 unspecified atom stereocenters. The first-order valence-corrected chi connectivity index (χ1v) is 10.1. The molecule has 0 saturated heterocycles. The third-order valence-corrected chi connectivity index (χ3v) is 4.64. The number of hydrogen-bond acceptors (Lipinski definition) is 8. The molecular weight excluding hydrogens is 440 g/mol. The van der Waals surface area contributed by atoms with Crippen molar-refractivity contribution in [2.75, 3.05) is 0 Å². The molecule has 33 heavy (non-hydrogen) atoms. The van der Waals surface area contributed by atoms with Gasteiger partial charge in [-0.05, 0) is 12.8 Å². The van der Waals surface area contributed by atoms with Gasteiger partial charge in [-0.25, -0.2) is 9.78 Å². The first-order valence-electron chi connectivity index (χ1n) is 10.1. The van der Waals surface area contributed by atoms with E-state index in [9.17, 15) is 34.2 Å². The van der Waals surface area contributed by atoms with E-state index in [2.05, 4.69) is 25.9 Å². The number of carboxylic acids is 2. The number of aromatic amines is 1. The number of amides is 3. The molecule has 0 aromatic carbocycles. The second kappa shape index (κ2) is 12.5. The van der Waals surface area contributed by atoms with Crippen molar-refractivity contribution in [3.8, 4) is 0 Å². The highest BCUT2D eigenvalue weighted by molar-refractivity contribution is 5.95. The van der Waals surface area contributed by atoms with Crippen molar-refractivity contribution in [1.82, 2.24) is 25.9 Å². The van der Waals surface area contributed by atoms with Crippen LogP contribution in [0.2, 0.25) is 0 Å². The first kappa shape index (κ1) is 27.5. The Bertz CT molecular complexity index is 841. The van der Waals surface area contributed by atoms with Gasteiger partial charge in [0.25, 0.3) is 0 Å². The smallest absolute Gasteiger partial charge is 0.328 e. The second-order valence-corrected chi connectivity index (χ2v) is 7.84. The summed E-state index contributed by atoms with van der Waals surface area (Å²) in [6, 6.07) is -5.46. The highest BCUT2D eigenvalue weighted by atomic mass is 16.4. The van der Waals surface area contributed by atoms with Gasteiger partial charge < -0.3 is 42.0 Å². The van der Waals surface area contributed by atoms with Crippen LogP contribution in [0.15, 0.2) is 12.5 Å². The highest BCUT2D eigenvalue weighted by Crippen LogP contribution is 2.07. The average molecular weight is 470 g/mol. The number of aromatic nitrogens is 2. The Labute approximate surface area is 189 Å². The molecule has 14 heteroatoms. The molecule has 5 atom stereocenters. The van der Waals surface area contributed by atoms with Crippen LogP contribution in [0.5, 0.6) is 0 Å². The van der Waals surface area contributed by atoms with Crippen LogP contribution in [-0.2, 0) is 30.4 Å². The summed E-state index contributed by atoms with van der Waals surface area (Å²) in [5, 5.41) is 34.6. The molecule has 1 aromatic heterocycles. The fourth-order valence-electron chi connectivity index (χ4n) is 2.81. The van der Waals surface area contributed by atoms with Gasteiger partial charge in [-0.15, -0.1) is 0 Å². The predicted molar refractivity (Wildman–Crippen MR) is 112 cm³/mol. The normalized spacial score (nSPS) is 15.6. The van der Waals surface area contributed by atoms with Gasteiger partial charge in [0.2, 0.25) is 17.7 Å². The van der Waals surface area contributed by atoms with Crippen molar-refractivity contribution in [1.29, 1.82) is 0 Å². The predicted octanol–water partition coefficient (Wildman–Crippen LogP) is -2.67. The molecular formula is C19H30N6O8. The quantitative estimate of drug-likeness (QED) is 0.149. The summed E-state index contributed by atoms with van der Waals surface area (Å²) >= 11 is 0. The number of rotatable bonds is 13. The summed E-state index contributed by atoms with van der Waals surface area (Å²) in [7, 11) is 0. The van der Waals surface area contributed by atoms with Crippen LogP contribution in [0.25, 0.3) is 0 Å². The lowest BCUT2D eigenvalue weighted by atomic mass is 10.0. The molecule has 184 valence electrons. The maximum atomic E-state index is 12.9. The van der Waals surface area contributed by atoms with Crippen molar-refractivity contribution >= 4 is 29.7 Å². The summed E-state index contributed by atoms with van der Waals surface area (Å²) in [5.74, 6) is -5.74. The number of nitrogens with one attached hydrogen (secondary N) is 4. The number of imidazole rings is 1. The summed E-state index contributed by atoms with van der Waals surface area (Å²) in [6.45, 7) is 4.42. The Morgan fingerprint density at radius 2 is 1.61 bits per heavy atom. The van der Waals surface area contributed by atoms with E-state index in [4.69, 9.17) is 10.8 Å². The van der Waals surface area contributed by atoms with Gasteiger partial charge in [0.15, 0.2) is 6.04 Å². The Kier molecular flexibility index (Phi) is 10.4. The molecule has 0 fully saturated rings. The number of carbonyl (C=O) groups excluding carboxylic acids is 3. The lowest BCUT2D eigenvalue weighted by molar-refractivity contribution is -0.145. The van der Waals surface area contributed by atoms with Crippen molar-refractivity contribution in [2.45, 2.75) is 63.9 Å². The second-order valence-electron chi connectivity index (χ2n) is 7.84. The molecule has 0 aliphatic rings. The zero-order chi connectivity index (χ0) is 25.3. The molecule has 14 nitrogen and oxygen atoms in total. The van der Waals surface area contributed by atoms with Crippen LogP contribution >= 0.6 is 0 Å². The fourth-order valence-corrected chi connectivity index (χ4v) is 2.81. The lowest BCUT2D eigenvalue weighted by Gasteiger charge is -2.27. The van der Waals surface area contributed by atoms with E-state index in [1.54, 1.807) is 13.8 Å². The van der Waals surface area contributed by atoms with Gasteiger partial charge in [-0.2, -0.15) is 0 Å². The van der Waals surface area contributed by atoms with Gasteiger partial charge in [0, 0.05) is 18.3 Å². The van der Waals surface area contributed by atoms with Crippen LogP contribution in [0.3, 0.4) is 0 Å². The van der Waals surface area contributed by atoms with E-state index < -0.39 is 72.3 Å². The Balaban J connectivity index is 3.03. The van der Waals surface area contributed by atoms with Gasteiger partial charge in [-0.3, -0.25) is 19.2 Å². The minimum Gasteiger partial charge on any atom is -0.481 e. The van der Waals surface area contributed by atoms with Crippen LogP contribution in [0.4, 0.5) is 0 Å². The zero-order valence-corrected chi connectivity index (χ0v) is 18.4. The molecule has 9 N–H and O–H groups in total. The first-order chi connectivity index (χ1) is 15.3. The maximum Gasteiger partial charge on any atom is 0.328 e. The number of hydrogen-bond donors (Lipinski definition) is 8. The lowest BCUT2D eigenvalue weighted by Crippen LogP contribution is -2.59. The topological polar surface area (TPSA) is 237 Å². The number of H-pyrrole nitrogens is 1. The van der Waals surface area contributed by atoms with Crippen LogP contribution in [-0.4, -0.2) is 85.2 Å². The standard InChI is InChI=1S/C19H30N6O8/c1-8(2)14(24-16(29)11(20)5-13(27)28)18(31)23-12(4-10-6-21-7-22-10)17(30)25-15(9(3)26)19(32)33/h6-9,11-12,14-15,26H,4-5,20H2,1-3H3,(H,21,22)(H,23,31)(H,24,29)(H,25,30)(H,27,28)(H,32,33). The largest absolute Gasteiger partial charge is 0.481 e. The number of aliphatic hydroxyl groups excluding tert-OH is 1. The van der Waals surface area contributed by atoms with Crippen LogP contribution in [0, 0.1) is 5.92 Å². The zero-order valence-electron chi connectivity index (χ0n) is 18.4.